The lowest BCUT2D eigenvalue weighted by Gasteiger charge is -2.08. The van der Waals surface area contributed by atoms with Crippen LogP contribution in [0, 0.1) is 13.8 Å². The largest absolute Gasteiger partial charge is 0.465 e. The van der Waals surface area contributed by atoms with Crippen LogP contribution in [0.5, 0.6) is 0 Å². The fraction of sp³-hybridized carbons (Fsp3) is 0.533. The molecule has 0 saturated heterocycles. The molecule has 0 amide bonds. The van der Waals surface area contributed by atoms with Crippen molar-refractivity contribution < 1.29 is 22.7 Å². The Morgan fingerprint density at radius 3 is 2.62 bits per heavy atom. The molecular formula is C15H19F3N4O2. The van der Waals surface area contributed by atoms with Crippen molar-refractivity contribution in [3.05, 3.63) is 34.9 Å². The van der Waals surface area contributed by atoms with E-state index in [2.05, 4.69) is 10.2 Å². The van der Waals surface area contributed by atoms with Gasteiger partial charge in [0.15, 0.2) is 0 Å². The Morgan fingerprint density at radius 2 is 2.04 bits per heavy atom. The third-order valence-corrected chi connectivity index (χ3v) is 3.59. The molecule has 0 fully saturated rings. The third kappa shape index (κ3) is 4.84. The molecule has 2 rings (SSSR count). The third-order valence-electron chi connectivity index (χ3n) is 3.59. The van der Waals surface area contributed by atoms with Gasteiger partial charge in [0.1, 0.15) is 6.54 Å². The van der Waals surface area contributed by atoms with E-state index in [1.807, 2.05) is 6.20 Å². The van der Waals surface area contributed by atoms with Crippen LogP contribution >= 0.6 is 0 Å². The number of alkyl halides is 3. The van der Waals surface area contributed by atoms with E-state index < -0.39 is 18.7 Å². The van der Waals surface area contributed by atoms with Crippen molar-refractivity contribution in [1.82, 2.24) is 19.6 Å². The highest BCUT2D eigenvalue weighted by Crippen LogP contribution is 2.21. The molecular weight excluding hydrogens is 325 g/mol. The van der Waals surface area contributed by atoms with Gasteiger partial charge >= 0.3 is 12.1 Å². The van der Waals surface area contributed by atoms with Crippen molar-refractivity contribution in [1.29, 1.82) is 0 Å². The van der Waals surface area contributed by atoms with Crippen LogP contribution in [-0.2, 0) is 36.0 Å². The summed E-state index contributed by atoms with van der Waals surface area (Å²) in [7, 11) is 1.79. The van der Waals surface area contributed by atoms with Gasteiger partial charge in [0.25, 0.3) is 0 Å². The Bertz CT molecular complexity index is 719. The van der Waals surface area contributed by atoms with Gasteiger partial charge in [-0.25, -0.2) is 0 Å². The summed E-state index contributed by atoms with van der Waals surface area (Å²) < 4.78 is 45.1. The summed E-state index contributed by atoms with van der Waals surface area (Å²) in [4.78, 5) is 11.9. The number of ether oxygens (including phenoxy) is 1. The average molecular weight is 344 g/mol. The molecule has 0 aliphatic rings. The van der Waals surface area contributed by atoms with Crippen LogP contribution in [-0.4, -0.2) is 38.3 Å². The minimum absolute atomic E-state index is 0.0947. The maximum atomic E-state index is 12.5. The smallest absolute Gasteiger partial charge is 0.408 e. The van der Waals surface area contributed by atoms with E-state index in [1.54, 1.807) is 24.9 Å². The van der Waals surface area contributed by atoms with Crippen LogP contribution in [0.2, 0.25) is 0 Å². The molecule has 0 radical (unpaired) electrons. The Kier molecular flexibility index (Phi) is 5.30. The molecule has 0 N–H and O–H groups in total. The molecule has 6 nitrogen and oxygen atoms in total. The number of halogens is 3. The number of hydrogen-bond acceptors (Lipinski definition) is 4. The van der Waals surface area contributed by atoms with Gasteiger partial charge in [-0.15, -0.1) is 0 Å². The molecule has 0 saturated carbocycles. The second-order valence-electron chi connectivity index (χ2n) is 5.59. The van der Waals surface area contributed by atoms with Gasteiger partial charge in [0.05, 0.1) is 24.9 Å². The quantitative estimate of drug-likeness (QED) is 0.753. The zero-order chi connectivity index (χ0) is 17.9. The highest BCUT2D eigenvalue weighted by molar-refractivity contribution is 5.73. The molecule has 2 aromatic heterocycles. The second-order valence-corrected chi connectivity index (χ2v) is 5.59. The van der Waals surface area contributed by atoms with Crippen molar-refractivity contribution in [3.63, 3.8) is 0 Å². The van der Waals surface area contributed by atoms with Crippen LogP contribution in [0.4, 0.5) is 13.2 Å². The predicted molar refractivity (Wildman–Crippen MR) is 79.3 cm³/mol. The van der Waals surface area contributed by atoms with Gasteiger partial charge < -0.3 is 4.74 Å². The van der Waals surface area contributed by atoms with Gasteiger partial charge in [-0.1, -0.05) is 0 Å². The van der Waals surface area contributed by atoms with E-state index >= 15 is 0 Å². The molecule has 24 heavy (non-hydrogen) atoms. The molecule has 0 aliphatic heterocycles. The Morgan fingerprint density at radius 1 is 1.33 bits per heavy atom. The Labute approximate surface area is 137 Å². The number of esters is 1. The van der Waals surface area contributed by atoms with Crippen molar-refractivity contribution >= 4 is 5.97 Å². The minimum atomic E-state index is -4.36. The number of aryl methyl sites for hydroxylation is 2. The van der Waals surface area contributed by atoms with E-state index in [-0.39, 0.29) is 13.0 Å². The van der Waals surface area contributed by atoms with Crippen LogP contribution in [0.25, 0.3) is 0 Å². The maximum Gasteiger partial charge on any atom is 0.408 e. The van der Waals surface area contributed by atoms with Gasteiger partial charge in [0, 0.05) is 30.9 Å². The summed E-state index contributed by atoms with van der Waals surface area (Å²) in [5, 5.41) is 7.87. The van der Waals surface area contributed by atoms with Crippen molar-refractivity contribution in [2.75, 3.05) is 6.61 Å². The predicted octanol–water partition coefficient (Wildman–Crippen LogP) is 2.12. The number of rotatable bonds is 6. The molecule has 132 valence electrons. The first-order valence-electron chi connectivity index (χ1n) is 7.38. The molecule has 0 aromatic carbocycles. The lowest BCUT2D eigenvalue weighted by Crippen LogP contribution is -2.20. The van der Waals surface area contributed by atoms with Crippen LogP contribution in [0.15, 0.2) is 12.4 Å². The first-order valence-corrected chi connectivity index (χ1v) is 7.38. The van der Waals surface area contributed by atoms with Crippen LogP contribution in [0.3, 0.4) is 0 Å². The summed E-state index contributed by atoms with van der Waals surface area (Å²) in [6.07, 6.45) is -0.412. The highest BCUT2D eigenvalue weighted by atomic mass is 19.4. The summed E-state index contributed by atoms with van der Waals surface area (Å²) in [6.45, 7) is 2.12. The van der Waals surface area contributed by atoms with Gasteiger partial charge in [-0.3, -0.25) is 14.2 Å². The molecule has 2 heterocycles. The van der Waals surface area contributed by atoms with E-state index in [1.165, 1.54) is 6.92 Å². The van der Waals surface area contributed by atoms with Gasteiger partial charge in [0.2, 0.25) is 0 Å². The SMILES string of the molecule is Cc1nn(CC(F)(F)F)c(C)c1CC(=O)OCCc1cnn(C)c1. The van der Waals surface area contributed by atoms with Crippen molar-refractivity contribution in [3.8, 4) is 0 Å². The van der Waals surface area contributed by atoms with Crippen LogP contribution in [0.1, 0.15) is 22.5 Å². The summed E-state index contributed by atoms with van der Waals surface area (Å²) in [6, 6.07) is 0. The summed E-state index contributed by atoms with van der Waals surface area (Å²) in [5.74, 6) is -0.489. The number of carbonyl (C=O) groups is 1. The lowest BCUT2D eigenvalue weighted by atomic mass is 10.1. The van der Waals surface area contributed by atoms with E-state index in [9.17, 15) is 18.0 Å². The molecule has 0 unspecified atom stereocenters. The number of aromatic nitrogens is 4. The Balaban J connectivity index is 1.91. The van der Waals surface area contributed by atoms with E-state index in [4.69, 9.17) is 4.74 Å². The molecule has 0 spiro atoms. The Hall–Kier alpha value is -2.32. The standard InChI is InChI=1S/C15H19F3N4O2/c1-10-13(11(2)22(20-10)9-15(16,17)18)6-14(23)24-5-4-12-7-19-21(3)8-12/h7-8H,4-6,9H2,1-3H3. The number of hydrogen-bond donors (Lipinski definition) is 0. The minimum Gasteiger partial charge on any atom is -0.465 e. The fourth-order valence-electron chi connectivity index (χ4n) is 2.39. The second kappa shape index (κ2) is 7.06. The summed E-state index contributed by atoms with van der Waals surface area (Å²) in [5.41, 5.74) is 2.15. The van der Waals surface area contributed by atoms with Gasteiger partial charge in [-0.05, 0) is 19.4 Å². The lowest BCUT2D eigenvalue weighted by molar-refractivity contribution is -0.143. The first kappa shape index (κ1) is 18.0. The maximum absolute atomic E-state index is 12.5. The highest BCUT2D eigenvalue weighted by Gasteiger charge is 2.30. The zero-order valence-corrected chi connectivity index (χ0v) is 13.7. The van der Waals surface area contributed by atoms with Gasteiger partial charge in [-0.2, -0.15) is 23.4 Å². The molecule has 0 atom stereocenters. The molecule has 9 heteroatoms. The molecule has 0 aliphatic carbocycles. The van der Waals surface area contributed by atoms with E-state index in [0.717, 1.165) is 10.2 Å². The average Bonchev–Trinajstić information content (AvgIpc) is 2.96. The fourth-order valence-corrected chi connectivity index (χ4v) is 2.39. The van der Waals surface area contributed by atoms with E-state index in [0.29, 0.717) is 23.4 Å². The normalized spacial score (nSPS) is 11.8. The van der Waals surface area contributed by atoms with Crippen LogP contribution < -0.4 is 0 Å². The van der Waals surface area contributed by atoms with Crippen molar-refractivity contribution in [2.45, 2.75) is 39.4 Å². The zero-order valence-electron chi connectivity index (χ0n) is 13.7. The number of carbonyl (C=O) groups excluding carboxylic acids is 1. The first-order chi connectivity index (χ1) is 11.2. The molecule has 2 aromatic rings. The molecule has 0 bridgehead atoms. The van der Waals surface area contributed by atoms with Crippen molar-refractivity contribution in [2.24, 2.45) is 7.05 Å². The topological polar surface area (TPSA) is 61.9 Å². The monoisotopic (exact) mass is 344 g/mol. The number of nitrogens with zero attached hydrogens (tertiary/aromatic N) is 4. The summed E-state index contributed by atoms with van der Waals surface area (Å²) >= 11 is 0.